The van der Waals surface area contributed by atoms with Crippen LogP contribution in [0.25, 0.3) is 0 Å². The molecule has 0 aromatic heterocycles. The summed E-state index contributed by atoms with van der Waals surface area (Å²) in [5.41, 5.74) is 0. The third-order valence-corrected chi connectivity index (χ3v) is 7.73. The van der Waals surface area contributed by atoms with Gasteiger partial charge >= 0.3 is 0 Å². The minimum absolute atomic E-state index is 0.0269. The van der Waals surface area contributed by atoms with Crippen LogP contribution in [0.4, 0.5) is 0 Å². The number of carbonyl (C=O) groups excluding carboxylic acids is 1. The van der Waals surface area contributed by atoms with E-state index in [0.717, 1.165) is 12.8 Å². The van der Waals surface area contributed by atoms with Gasteiger partial charge in [-0.15, -0.1) is 0 Å². The van der Waals surface area contributed by atoms with Gasteiger partial charge in [0.2, 0.25) is 5.91 Å². The van der Waals surface area contributed by atoms with Crippen molar-refractivity contribution >= 4 is 16.1 Å². The van der Waals surface area contributed by atoms with E-state index in [1.165, 1.54) is 8.61 Å². The smallest absolute Gasteiger partial charge is 0.282 e. The lowest BCUT2D eigenvalue weighted by Gasteiger charge is -2.40. The first-order valence-electron chi connectivity index (χ1n) is 10.1. The summed E-state index contributed by atoms with van der Waals surface area (Å²) in [6, 6.07) is 0. The SMILES string of the molecule is CC(C)CCNC(=O)[C@H]1CCCN(S(=O)(=O)N2CCC3(CC2)OCCO3)C1. The molecule has 27 heavy (non-hydrogen) atoms. The highest BCUT2D eigenvalue weighted by molar-refractivity contribution is 7.86. The highest BCUT2D eigenvalue weighted by Crippen LogP contribution is 2.33. The van der Waals surface area contributed by atoms with Gasteiger partial charge in [-0.1, -0.05) is 13.8 Å². The Labute approximate surface area is 162 Å². The molecule has 1 N–H and O–H groups in total. The first kappa shape index (κ1) is 21.0. The zero-order chi connectivity index (χ0) is 19.5. The van der Waals surface area contributed by atoms with Gasteiger partial charge in [-0.3, -0.25) is 4.79 Å². The topological polar surface area (TPSA) is 88.2 Å². The maximum absolute atomic E-state index is 13.1. The summed E-state index contributed by atoms with van der Waals surface area (Å²) in [6.07, 6.45) is 3.49. The molecule has 8 nitrogen and oxygen atoms in total. The van der Waals surface area contributed by atoms with Crippen LogP contribution in [0.1, 0.15) is 46.0 Å². The largest absolute Gasteiger partial charge is 0.356 e. The van der Waals surface area contributed by atoms with Crippen molar-refractivity contribution in [2.24, 2.45) is 11.8 Å². The average molecular weight is 404 g/mol. The standard InChI is InChI=1S/C18H33N3O5S/c1-15(2)5-8-19-17(22)16-4-3-9-21(14-16)27(23,24)20-10-6-18(7-11-20)25-12-13-26-18/h15-16H,3-14H2,1-2H3,(H,19,22)/t16-/m0/s1. The maximum atomic E-state index is 13.1. The highest BCUT2D eigenvalue weighted by atomic mass is 32.2. The Morgan fingerprint density at radius 2 is 1.81 bits per heavy atom. The molecular formula is C18H33N3O5S. The fourth-order valence-electron chi connectivity index (χ4n) is 4.00. The van der Waals surface area contributed by atoms with Crippen LogP contribution in [0, 0.1) is 11.8 Å². The number of nitrogens with one attached hydrogen (secondary N) is 1. The first-order valence-corrected chi connectivity index (χ1v) is 11.5. The molecule has 0 saturated carbocycles. The van der Waals surface area contributed by atoms with Crippen LogP contribution >= 0.6 is 0 Å². The average Bonchev–Trinajstić information content (AvgIpc) is 3.09. The van der Waals surface area contributed by atoms with Crippen molar-refractivity contribution in [1.82, 2.24) is 13.9 Å². The minimum Gasteiger partial charge on any atom is -0.356 e. The Morgan fingerprint density at radius 1 is 1.15 bits per heavy atom. The van der Waals surface area contributed by atoms with Crippen molar-refractivity contribution in [3.8, 4) is 0 Å². The monoisotopic (exact) mass is 403 g/mol. The summed E-state index contributed by atoms with van der Waals surface area (Å²) in [5.74, 6) is -0.352. The summed E-state index contributed by atoms with van der Waals surface area (Å²) >= 11 is 0. The predicted molar refractivity (Wildman–Crippen MR) is 101 cm³/mol. The molecule has 0 aromatic carbocycles. The van der Waals surface area contributed by atoms with Crippen molar-refractivity contribution in [3.63, 3.8) is 0 Å². The second-order valence-electron chi connectivity index (χ2n) is 8.19. The molecule has 0 unspecified atom stereocenters. The van der Waals surface area contributed by atoms with Crippen LogP contribution in [0.5, 0.6) is 0 Å². The van der Waals surface area contributed by atoms with Crippen molar-refractivity contribution in [2.75, 3.05) is 45.9 Å². The van der Waals surface area contributed by atoms with Crippen LogP contribution in [-0.4, -0.2) is 74.7 Å². The van der Waals surface area contributed by atoms with E-state index < -0.39 is 16.0 Å². The molecule has 1 spiro atoms. The maximum Gasteiger partial charge on any atom is 0.282 e. The third-order valence-electron chi connectivity index (χ3n) is 5.73. The fraction of sp³-hybridized carbons (Fsp3) is 0.944. The van der Waals surface area contributed by atoms with Crippen LogP contribution in [0.3, 0.4) is 0 Å². The molecule has 0 aromatic rings. The normalized spacial score (nSPS) is 27.3. The molecule has 3 aliphatic rings. The molecule has 3 heterocycles. The van der Waals surface area contributed by atoms with Gasteiger partial charge in [0.15, 0.2) is 5.79 Å². The Balaban J connectivity index is 1.54. The van der Waals surface area contributed by atoms with E-state index in [-0.39, 0.29) is 18.4 Å². The Hall–Kier alpha value is -0.740. The Bertz CT molecular complexity index is 608. The molecular weight excluding hydrogens is 370 g/mol. The number of hydrogen-bond donors (Lipinski definition) is 1. The zero-order valence-electron chi connectivity index (χ0n) is 16.5. The van der Waals surface area contributed by atoms with Crippen molar-refractivity contribution in [2.45, 2.75) is 51.7 Å². The van der Waals surface area contributed by atoms with Gasteiger partial charge in [0, 0.05) is 45.6 Å². The number of nitrogens with zero attached hydrogens (tertiary/aromatic N) is 2. The molecule has 3 saturated heterocycles. The fourth-order valence-corrected chi connectivity index (χ4v) is 5.70. The summed E-state index contributed by atoms with van der Waals surface area (Å²) < 4.78 is 40.5. The van der Waals surface area contributed by atoms with Crippen molar-refractivity contribution < 1.29 is 22.7 Å². The van der Waals surface area contributed by atoms with Gasteiger partial charge in [0.1, 0.15) is 0 Å². The Kier molecular flexibility index (Phi) is 6.79. The molecule has 3 aliphatic heterocycles. The lowest BCUT2D eigenvalue weighted by molar-refractivity contribution is -0.179. The number of ether oxygens (including phenoxy) is 2. The van der Waals surface area contributed by atoms with E-state index in [9.17, 15) is 13.2 Å². The minimum atomic E-state index is -3.56. The summed E-state index contributed by atoms with van der Waals surface area (Å²) in [4.78, 5) is 12.4. The Morgan fingerprint density at radius 3 is 2.44 bits per heavy atom. The van der Waals surface area contributed by atoms with Gasteiger partial charge in [0.25, 0.3) is 10.2 Å². The molecule has 9 heteroatoms. The van der Waals surface area contributed by atoms with E-state index in [2.05, 4.69) is 19.2 Å². The van der Waals surface area contributed by atoms with Gasteiger partial charge in [0.05, 0.1) is 19.1 Å². The molecule has 1 amide bonds. The molecule has 1 atom stereocenters. The third kappa shape index (κ3) is 5.00. The van der Waals surface area contributed by atoms with Crippen LogP contribution < -0.4 is 5.32 Å². The van der Waals surface area contributed by atoms with Crippen molar-refractivity contribution in [3.05, 3.63) is 0 Å². The zero-order valence-corrected chi connectivity index (χ0v) is 17.3. The second kappa shape index (κ2) is 8.73. The number of amides is 1. The van der Waals surface area contributed by atoms with E-state index in [0.29, 0.717) is 64.6 Å². The van der Waals surface area contributed by atoms with Crippen molar-refractivity contribution in [1.29, 1.82) is 0 Å². The predicted octanol–water partition coefficient (Wildman–Crippen LogP) is 0.944. The quantitative estimate of drug-likeness (QED) is 0.713. The second-order valence-corrected chi connectivity index (χ2v) is 10.1. The molecule has 0 radical (unpaired) electrons. The lowest BCUT2D eigenvalue weighted by Crippen LogP contribution is -2.54. The lowest BCUT2D eigenvalue weighted by atomic mass is 9.98. The van der Waals surface area contributed by atoms with Crippen LogP contribution in [0.15, 0.2) is 0 Å². The first-order chi connectivity index (χ1) is 12.8. The van der Waals surface area contributed by atoms with Gasteiger partial charge in [-0.05, 0) is 25.2 Å². The number of rotatable bonds is 6. The molecule has 156 valence electrons. The number of hydrogen-bond acceptors (Lipinski definition) is 5. The van der Waals surface area contributed by atoms with Crippen LogP contribution in [0.2, 0.25) is 0 Å². The molecule has 3 rings (SSSR count). The van der Waals surface area contributed by atoms with E-state index in [1.807, 2.05) is 0 Å². The molecule has 3 fully saturated rings. The van der Waals surface area contributed by atoms with Crippen LogP contribution in [-0.2, 0) is 24.5 Å². The van der Waals surface area contributed by atoms with Gasteiger partial charge in [-0.2, -0.15) is 17.0 Å². The highest BCUT2D eigenvalue weighted by Gasteiger charge is 2.44. The summed E-state index contributed by atoms with van der Waals surface area (Å²) in [5, 5.41) is 2.96. The van der Waals surface area contributed by atoms with Gasteiger partial charge in [-0.25, -0.2) is 0 Å². The van der Waals surface area contributed by atoms with E-state index >= 15 is 0 Å². The van der Waals surface area contributed by atoms with E-state index in [1.54, 1.807) is 0 Å². The molecule has 0 bridgehead atoms. The number of carbonyl (C=O) groups is 1. The van der Waals surface area contributed by atoms with Gasteiger partial charge < -0.3 is 14.8 Å². The molecule has 0 aliphatic carbocycles. The van der Waals surface area contributed by atoms with E-state index in [4.69, 9.17) is 9.47 Å². The summed E-state index contributed by atoms with van der Waals surface area (Å²) in [6.45, 7) is 7.56. The number of piperidine rings is 2. The summed E-state index contributed by atoms with van der Waals surface area (Å²) in [7, 11) is -3.56.